The van der Waals surface area contributed by atoms with E-state index in [0.29, 0.717) is 25.7 Å². The molecule has 1 atom stereocenters. The van der Waals surface area contributed by atoms with Gasteiger partial charge < -0.3 is 19.4 Å². The van der Waals surface area contributed by atoms with Crippen LogP contribution in [0, 0.1) is 12.8 Å². The van der Waals surface area contributed by atoms with E-state index < -0.39 is 0 Å². The predicted octanol–water partition coefficient (Wildman–Crippen LogP) is 1.57. The Morgan fingerprint density at radius 1 is 1.30 bits per heavy atom. The summed E-state index contributed by atoms with van der Waals surface area (Å²) in [5.74, 6) is 1.04. The minimum absolute atomic E-state index is 0.0133. The monoisotopic (exact) mass is 375 g/mol. The summed E-state index contributed by atoms with van der Waals surface area (Å²) >= 11 is 0. The molecule has 3 heterocycles. The fourth-order valence-electron chi connectivity index (χ4n) is 4.15. The van der Waals surface area contributed by atoms with Crippen molar-refractivity contribution in [2.45, 2.75) is 38.6 Å². The lowest BCUT2D eigenvalue weighted by Crippen LogP contribution is -2.52. The molecule has 0 radical (unpaired) electrons. The van der Waals surface area contributed by atoms with Gasteiger partial charge in [0.2, 0.25) is 11.9 Å². The highest BCUT2D eigenvalue weighted by Crippen LogP contribution is 2.25. The van der Waals surface area contributed by atoms with E-state index in [2.05, 4.69) is 31.7 Å². The van der Waals surface area contributed by atoms with Gasteiger partial charge in [-0.2, -0.15) is 0 Å². The zero-order valence-electron chi connectivity index (χ0n) is 16.9. The number of aryl methyl sites for hydroxylation is 1. The number of hydrogen-bond donors (Lipinski definition) is 0. The van der Waals surface area contributed by atoms with E-state index in [1.807, 2.05) is 13.0 Å². The summed E-state index contributed by atoms with van der Waals surface area (Å²) in [6.07, 6.45) is 5.83. The Bertz CT molecular complexity index is 618. The highest BCUT2D eigenvalue weighted by atomic mass is 16.5. The minimum atomic E-state index is 0.0133. The summed E-state index contributed by atoms with van der Waals surface area (Å²) in [6, 6.07) is 2.23. The van der Waals surface area contributed by atoms with Crippen LogP contribution in [0.4, 0.5) is 5.95 Å². The number of likely N-dealkylation sites (tertiary alicyclic amines) is 1. The third-order valence-electron chi connectivity index (χ3n) is 5.78. The summed E-state index contributed by atoms with van der Waals surface area (Å²) < 4.78 is 5.29. The molecule has 3 rings (SSSR count). The normalized spacial score (nSPS) is 22.0. The molecule has 2 aliphatic heterocycles. The first-order valence-electron chi connectivity index (χ1n) is 10.1. The number of carbonyl (C=O) groups excluding carboxylic acids is 1. The first-order valence-corrected chi connectivity index (χ1v) is 10.1. The number of amides is 1. The van der Waals surface area contributed by atoms with E-state index >= 15 is 0 Å². The van der Waals surface area contributed by atoms with Gasteiger partial charge in [0.05, 0.1) is 12.5 Å². The summed E-state index contributed by atoms with van der Waals surface area (Å²) in [6.45, 7) is 6.98. The van der Waals surface area contributed by atoms with Crippen molar-refractivity contribution in [1.29, 1.82) is 0 Å². The van der Waals surface area contributed by atoms with Crippen LogP contribution in [-0.4, -0.2) is 85.2 Å². The van der Waals surface area contributed by atoms with Crippen LogP contribution in [0.5, 0.6) is 0 Å². The second-order valence-corrected chi connectivity index (χ2v) is 7.84. The van der Waals surface area contributed by atoms with Gasteiger partial charge in [-0.3, -0.25) is 4.79 Å². The molecule has 2 saturated heterocycles. The Labute approximate surface area is 162 Å². The number of rotatable bonds is 6. The third kappa shape index (κ3) is 5.17. The largest absolute Gasteiger partial charge is 0.383 e. The van der Waals surface area contributed by atoms with Crippen LogP contribution in [0.1, 0.15) is 31.4 Å². The average Bonchev–Trinajstić information content (AvgIpc) is 2.69. The Hall–Kier alpha value is -1.73. The smallest absolute Gasteiger partial charge is 0.227 e. The second-order valence-electron chi connectivity index (χ2n) is 7.84. The van der Waals surface area contributed by atoms with Crippen LogP contribution in [-0.2, 0) is 9.53 Å². The highest BCUT2D eigenvalue weighted by molar-refractivity contribution is 5.80. The van der Waals surface area contributed by atoms with Crippen molar-refractivity contribution in [3.8, 4) is 0 Å². The van der Waals surface area contributed by atoms with E-state index in [4.69, 9.17) is 4.74 Å². The quantitative estimate of drug-likeness (QED) is 0.752. The molecule has 150 valence electrons. The van der Waals surface area contributed by atoms with Crippen molar-refractivity contribution >= 4 is 11.9 Å². The Morgan fingerprint density at radius 3 is 2.78 bits per heavy atom. The molecule has 0 aliphatic carbocycles. The van der Waals surface area contributed by atoms with Crippen LogP contribution < -0.4 is 4.90 Å². The predicted molar refractivity (Wildman–Crippen MR) is 106 cm³/mol. The zero-order chi connectivity index (χ0) is 19.2. The second kappa shape index (κ2) is 9.46. The molecule has 0 bridgehead atoms. The fraction of sp³-hybridized carbons (Fsp3) is 0.750. The van der Waals surface area contributed by atoms with Crippen molar-refractivity contribution in [2.75, 3.05) is 58.4 Å². The van der Waals surface area contributed by atoms with Crippen molar-refractivity contribution in [3.63, 3.8) is 0 Å². The fourth-order valence-corrected chi connectivity index (χ4v) is 4.15. The Balaban J connectivity index is 1.68. The number of ether oxygens (including phenoxy) is 1. The molecule has 7 nitrogen and oxygen atoms in total. The summed E-state index contributed by atoms with van der Waals surface area (Å²) in [5, 5.41) is 0. The molecule has 27 heavy (non-hydrogen) atoms. The van der Waals surface area contributed by atoms with Gasteiger partial charge in [0.25, 0.3) is 0 Å². The summed E-state index contributed by atoms with van der Waals surface area (Å²) in [4.78, 5) is 29.0. The topological polar surface area (TPSA) is 61.8 Å². The number of piperidine rings is 2. The molecule has 2 fully saturated rings. The van der Waals surface area contributed by atoms with E-state index in [1.165, 1.54) is 0 Å². The Kier molecular flexibility index (Phi) is 7.01. The van der Waals surface area contributed by atoms with E-state index in [1.54, 1.807) is 13.3 Å². The van der Waals surface area contributed by atoms with Crippen LogP contribution in [0.2, 0.25) is 0 Å². The summed E-state index contributed by atoms with van der Waals surface area (Å²) in [5.41, 5.74) is 0.960. The maximum atomic E-state index is 13.4. The summed E-state index contributed by atoms with van der Waals surface area (Å²) in [7, 11) is 3.85. The van der Waals surface area contributed by atoms with Crippen LogP contribution in [0.25, 0.3) is 0 Å². The number of anilines is 1. The molecular weight excluding hydrogens is 342 g/mol. The van der Waals surface area contributed by atoms with Crippen LogP contribution in [0.3, 0.4) is 0 Å². The lowest BCUT2D eigenvalue weighted by atomic mass is 9.94. The van der Waals surface area contributed by atoms with Crippen molar-refractivity contribution in [1.82, 2.24) is 19.8 Å². The molecule has 0 saturated carbocycles. The molecule has 7 heteroatoms. The lowest BCUT2D eigenvalue weighted by molar-refractivity contribution is -0.140. The Morgan fingerprint density at radius 2 is 2.07 bits per heavy atom. The van der Waals surface area contributed by atoms with E-state index in [-0.39, 0.29) is 11.8 Å². The number of hydrogen-bond acceptors (Lipinski definition) is 6. The first kappa shape index (κ1) is 20.0. The van der Waals surface area contributed by atoms with Gasteiger partial charge in [-0.15, -0.1) is 0 Å². The standard InChI is InChI=1S/C20H33N5O2/c1-16-6-9-21-20(22-16)24-10-4-5-17(15-24)19(26)25(13-14-27-3)18-7-11-23(2)12-8-18/h6,9,17-18H,4-5,7-8,10-15H2,1-3H3. The molecule has 0 spiro atoms. The van der Waals surface area contributed by atoms with Gasteiger partial charge >= 0.3 is 0 Å². The van der Waals surface area contributed by atoms with Gasteiger partial charge in [-0.1, -0.05) is 0 Å². The van der Waals surface area contributed by atoms with Gasteiger partial charge in [0.15, 0.2) is 0 Å². The minimum Gasteiger partial charge on any atom is -0.383 e. The van der Waals surface area contributed by atoms with Crippen LogP contribution >= 0.6 is 0 Å². The number of methoxy groups -OCH3 is 1. The van der Waals surface area contributed by atoms with Gasteiger partial charge in [-0.05, 0) is 58.8 Å². The van der Waals surface area contributed by atoms with Crippen molar-refractivity contribution in [2.24, 2.45) is 5.92 Å². The number of aromatic nitrogens is 2. The average molecular weight is 376 g/mol. The van der Waals surface area contributed by atoms with Gasteiger partial charge in [0.1, 0.15) is 0 Å². The third-order valence-corrected chi connectivity index (χ3v) is 5.78. The lowest BCUT2D eigenvalue weighted by Gasteiger charge is -2.41. The van der Waals surface area contributed by atoms with E-state index in [0.717, 1.165) is 57.0 Å². The van der Waals surface area contributed by atoms with Crippen molar-refractivity contribution in [3.05, 3.63) is 18.0 Å². The van der Waals surface area contributed by atoms with Crippen LogP contribution in [0.15, 0.2) is 12.3 Å². The molecule has 1 aromatic heterocycles. The first-order chi connectivity index (χ1) is 13.1. The van der Waals surface area contributed by atoms with Gasteiger partial charge in [-0.25, -0.2) is 9.97 Å². The maximum Gasteiger partial charge on any atom is 0.227 e. The number of nitrogens with zero attached hydrogens (tertiary/aromatic N) is 5. The highest BCUT2D eigenvalue weighted by Gasteiger charge is 2.34. The van der Waals surface area contributed by atoms with Gasteiger partial charge in [0, 0.05) is 44.7 Å². The van der Waals surface area contributed by atoms with E-state index in [9.17, 15) is 4.79 Å². The molecule has 2 aliphatic rings. The maximum absolute atomic E-state index is 13.4. The SMILES string of the molecule is COCCN(C(=O)C1CCCN(c2nccc(C)n2)C1)C1CCN(C)CC1. The molecule has 1 aromatic rings. The molecule has 1 amide bonds. The van der Waals surface area contributed by atoms with Crippen molar-refractivity contribution < 1.29 is 9.53 Å². The zero-order valence-corrected chi connectivity index (χ0v) is 16.9. The molecule has 1 unspecified atom stereocenters. The molecule has 0 aromatic carbocycles. The molecular formula is C20H33N5O2. The number of carbonyl (C=O) groups is 1. The molecule has 0 N–H and O–H groups in total.